The Hall–Kier alpha value is -3.09. The van der Waals surface area contributed by atoms with Crippen LogP contribution in [-0.4, -0.2) is 34.4 Å². The van der Waals surface area contributed by atoms with Crippen LogP contribution in [0.3, 0.4) is 0 Å². The molecule has 3 aromatic rings. The van der Waals surface area contributed by atoms with Gasteiger partial charge in [-0.2, -0.15) is 5.10 Å². The summed E-state index contributed by atoms with van der Waals surface area (Å²) < 4.78 is 10.6. The first-order valence-corrected chi connectivity index (χ1v) is 7.91. The van der Waals surface area contributed by atoms with Crippen LogP contribution in [0.2, 0.25) is 0 Å². The SMILES string of the molecule is COc1cc(Cc2nccc(Nc3n[nH]c(C)c3C)n2)cc(OC)c1. The summed E-state index contributed by atoms with van der Waals surface area (Å²) in [6, 6.07) is 7.56. The maximum absolute atomic E-state index is 5.31. The molecule has 0 spiro atoms. The van der Waals surface area contributed by atoms with Crippen molar-refractivity contribution in [2.75, 3.05) is 19.5 Å². The van der Waals surface area contributed by atoms with E-state index in [1.165, 1.54) is 0 Å². The van der Waals surface area contributed by atoms with Gasteiger partial charge < -0.3 is 14.8 Å². The third kappa shape index (κ3) is 3.88. The Morgan fingerprint density at radius 3 is 2.40 bits per heavy atom. The van der Waals surface area contributed by atoms with E-state index in [4.69, 9.17) is 9.47 Å². The predicted molar refractivity (Wildman–Crippen MR) is 95.7 cm³/mol. The summed E-state index contributed by atoms with van der Waals surface area (Å²) in [7, 11) is 3.27. The average molecular weight is 339 g/mol. The molecule has 0 amide bonds. The monoisotopic (exact) mass is 339 g/mol. The van der Waals surface area contributed by atoms with E-state index >= 15 is 0 Å². The number of hydrogen-bond donors (Lipinski definition) is 2. The van der Waals surface area contributed by atoms with Gasteiger partial charge in [0, 0.05) is 29.9 Å². The summed E-state index contributed by atoms with van der Waals surface area (Å²) in [6.45, 7) is 3.99. The van der Waals surface area contributed by atoms with E-state index in [0.717, 1.165) is 34.1 Å². The van der Waals surface area contributed by atoms with E-state index in [1.807, 2.05) is 38.1 Å². The second-order valence-electron chi connectivity index (χ2n) is 5.70. The van der Waals surface area contributed by atoms with Crippen LogP contribution in [0.15, 0.2) is 30.5 Å². The van der Waals surface area contributed by atoms with Gasteiger partial charge in [0.2, 0.25) is 0 Å². The largest absolute Gasteiger partial charge is 0.497 e. The highest BCUT2D eigenvalue weighted by molar-refractivity contribution is 5.56. The smallest absolute Gasteiger partial charge is 0.156 e. The molecule has 7 heteroatoms. The summed E-state index contributed by atoms with van der Waals surface area (Å²) in [5, 5.41) is 10.4. The van der Waals surface area contributed by atoms with Gasteiger partial charge in [-0.15, -0.1) is 0 Å². The average Bonchev–Trinajstić information content (AvgIpc) is 2.93. The molecule has 7 nitrogen and oxygen atoms in total. The number of methoxy groups -OCH3 is 2. The molecule has 0 aliphatic heterocycles. The van der Waals surface area contributed by atoms with Crippen molar-refractivity contribution in [1.29, 1.82) is 0 Å². The molecule has 0 saturated heterocycles. The van der Waals surface area contributed by atoms with Crippen LogP contribution in [0.4, 0.5) is 11.6 Å². The zero-order chi connectivity index (χ0) is 17.8. The van der Waals surface area contributed by atoms with Crippen LogP contribution in [0, 0.1) is 13.8 Å². The van der Waals surface area contributed by atoms with Crippen molar-refractivity contribution in [1.82, 2.24) is 20.2 Å². The molecule has 1 aromatic carbocycles. The zero-order valence-corrected chi connectivity index (χ0v) is 14.8. The van der Waals surface area contributed by atoms with Gasteiger partial charge in [0.1, 0.15) is 23.1 Å². The molecule has 0 unspecified atom stereocenters. The zero-order valence-electron chi connectivity index (χ0n) is 14.8. The fourth-order valence-electron chi connectivity index (χ4n) is 2.43. The highest BCUT2D eigenvalue weighted by Crippen LogP contribution is 2.24. The first-order chi connectivity index (χ1) is 12.1. The van der Waals surface area contributed by atoms with Crippen LogP contribution < -0.4 is 14.8 Å². The Morgan fingerprint density at radius 1 is 1.08 bits per heavy atom. The minimum atomic E-state index is 0.571. The van der Waals surface area contributed by atoms with Gasteiger partial charge in [-0.25, -0.2) is 9.97 Å². The first-order valence-electron chi connectivity index (χ1n) is 7.91. The number of rotatable bonds is 6. The maximum atomic E-state index is 5.31. The van der Waals surface area contributed by atoms with Crippen molar-refractivity contribution >= 4 is 11.6 Å². The fourth-order valence-corrected chi connectivity index (χ4v) is 2.43. The van der Waals surface area contributed by atoms with Gasteiger partial charge in [0.25, 0.3) is 0 Å². The van der Waals surface area contributed by atoms with Gasteiger partial charge in [0.05, 0.1) is 14.2 Å². The molecule has 2 aromatic heterocycles. The van der Waals surface area contributed by atoms with Crippen molar-refractivity contribution < 1.29 is 9.47 Å². The molecule has 130 valence electrons. The number of aromatic nitrogens is 4. The topological polar surface area (TPSA) is 85.0 Å². The number of benzene rings is 1. The van der Waals surface area contributed by atoms with Crippen LogP contribution in [0.25, 0.3) is 0 Å². The molecule has 0 saturated carbocycles. The van der Waals surface area contributed by atoms with E-state index < -0.39 is 0 Å². The van der Waals surface area contributed by atoms with E-state index in [9.17, 15) is 0 Å². The van der Waals surface area contributed by atoms with Crippen LogP contribution >= 0.6 is 0 Å². The van der Waals surface area contributed by atoms with Gasteiger partial charge in [-0.3, -0.25) is 5.10 Å². The Balaban J connectivity index is 1.81. The van der Waals surface area contributed by atoms with Crippen molar-refractivity contribution in [2.45, 2.75) is 20.3 Å². The number of nitrogens with zero attached hydrogens (tertiary/aromatic N) is 3. The minimum Gasteiger partial charge on any atom is -0.497 e. The lowest BCUT2D eigenvalue weighted by Gasteiger charge is -2.09. The Bertz CT molecular complexity index is 853. The van der Waals surface area contributed by atoms with Gasteiger partial charge in [0.15, 0.2) is 5.82 Å². The molecule has 25 heavy (non-hydrogen) atoms. The van der Waals surface area contributed by atoms with Gasteiger partial charge >= 0.3 is 0 Å². The maximum Gasteiger partial charge on any atom is 0.156 e. The number of H-pyrrole nitrogens is 1. The minimum absolute atomic E-state index is 0.571. The number of aromatic amines is 1. The molecular formula is C18H21N5O2. The normalized spacial score (nSPS) is 10.6. The van der Waals surface area contributed by atoms with Gasteiger partial charge in [-0.1, -0.05) is 0 Å². The van der Waals surface area contributed by atoms with Crippen LogP contribution in [-0.2, 0) is 6.42 Å². The molecule has 0 aliphatic rings. The molecule has 0 atom stereocenters. The van der Waals surface area contributed by atoms with Crippen molar-refractivity contribution in [2.24, 2.45) is 0 Å². The molecule has 2 N–H and O–H groups in total. The number of anilines is 2. The third-order valence-corrected chi connectivity index (χ3v) is 3.98. The van der Waals surface area contributed by atoms with E-state index in [0.29, 0.717) is 18.1 Å². The second-order valence-corrected chi connectivity index (χ2v) is 5.70. The third-order valence-electron chi connectivity index (χ3n) is 3.98. The number of hydrogen-bond acceptors (Lipinski definition) is 6. The Labute approximate surface area is 146 Å². The van der Waals surface area contributed by atoms with E-state index in [1.54, 1.807) is 20.4 Å². The Morgan fingerprint density at radius 2 is 1.80 bits per heavy atom. The first kappa shape index (κ1) is 16.8. The quantitative estimate of drug-likeness (QED) is 0.717. The molecule has 0 fully saturated rings. The summed E-state index contributed by atoms with van der Waals surface area (Å²) in [5.74, 6) is 3.65. The number of aryl methyl sites for hydroxylation is 1. The van der Waals surface area contributed by atoms with Crippen LogP contribution in [0.1, 0.15) is 22.6 Å². The second kappa shape index (κ2) is 7.21. The molecular weight excluding hydrogens is 318 g/mol. The summed E-state index contributed by atoms with van der Waals surface area (Å²) in [6.07, 6.45) is 2.30. The lowest BCUT2D eigenvalue weighted by atomic mass is 10.1. The van der Waals surface area contributed by atoms with Crippen molar-refractivity contribution in [3.8, 4) is 11.5 Å². The number of nitrogens with one attached hydrogen (secondary N) is 2. The van der Waals surface area contributed by atoms with Crippen LogP contribution in [0.5, 0.6) is 11.5 Å². The lowest BCUT2D eigenvalue weighted by Crippen LogP contribution is -2.02. The van der Waals surface area contributed by atoms with Crippen molar-refractivity contribution in [3.63, 3.8) is 0 Å². The predicted octanol–water partition coefficient (Wildman–Crippen LogP) is 3.17. The molecule has 0 bridgehead atoms. The van der Waals surface area contributed by atoms with E-state index in [2.05, 4.69) is 25.5 Å². The molecule has 2 heterocycles. The summed E-state index contributed by atoms with van der Waals surface area (Å²) in [4.78, 5) is 8.92. The van der Waals surface area contributed by atoms with E-state index in [-0.39, 0.29) is 0 Å². The molecule has 3 rings (SSSR count). The standard InChI is InChI=1S/C18H21N5O2/c1-11-12(2)22-23-18(11)21-16-5-6-19-17(20-16)9-13-7-14(24-3)10-15(8-13)25-4/h5-8,10H,9H2,1-4H3,(H2,19,20,21,22,23). The molecule has 0 aliphatic carbocycles. The highest BCUT2D eigenvalue weighted by Gasteiger charge is 2.09. The Kier molecular flexibility index (Phi) is 4.83. The van der Waals surface area contributed by atoms with Gasteiger partial charge in [-0.05, 0) is 37.6 Å². The fraction of sp³-hybridized carbons (Fsp3) is 0.278. The van der Waals surface area contributed by atoms with Crippen molar-refractivity contribution in [3.05, 3.63) is 53.1 Å². The number of ether oxygens (including phenoxy) is 2. The summed E-state index contributed by atoms with van der Waals surface area (Å²) >= 11 is 0. The lowest BCUT2D eigenvalue weighted by molar-refractivity contribution is 0.393. The highest BCUT2D eigenvalue weighted by atomic mass is 16.5. The molecule has 0 radical (unpaired) electrons. The summed E-state index contributed by atoms with van der Waals surface area (Å²) in [5.41, 5.74) is 3.11.